The smallest absolute Gasteiger partial charge is 0.173 e. The molecule has 0 saturated heterocycles. The van der Waals surface area contributed by atoms with E-state index in [2.05, 4.69) is 5.73 Å². The molecule has 0 atom stereocenters. The first-order valence-electron chi connectivity index (χ1n) is 0.512. The molecule has 0 fully saturated rings. The summed E-state index contributed by atoms with van der Waals surface area (Å²) in [5.74, 6) is 0. The molecule has 4 heteroatoms. The molecule has 0 aromatic rings. The number of nitrogens with two attached hydrogens (primary N) is 1. The van der Waals surface area contributed by atoms with Crippen LogP contribution in [0.1, 0.15) is 0 Å². The van der Waals surface area contributed by atoms with Crippen molar-refractivity contribution in [2.75, 3.05) is 0 Å². The van der Waals surface area contributed by atoms with Crippen LogP contribution in [0.25, 0.3) is 0 Å². The summed E-state index contributed by atoms with van der Waals surface area (Å²) < 4.78 is 0. The third-order valence-electron chi connectivity index (χ3n) is 0. The number of hydrogen-bond donors (Lipinski definition) is 1. The van der Waals surface area contributed by atoms with Crippen LogP contribution >= 0.6 is 0 Å². The van der Waals surface area contributed by atoms with Gasteiger partial charge in [0.15, 0.2) is 6.19 Å². The molecule has 20 valence electrons. The van der Waals surface area contributed by atoms with E-state index in [4.69, 9.17) is 5.26 Å². The predicted octanol–water partition coefficient (Wildman–Crippen LogP) is -0.579. The quantitative estimate of drug-likeness (QED) is 0.310. The molecule has 0 aliphatic heterocycles. The van der Waals surface area contributed by atoms with Crippen LogP contribution in [0, 0.1) is 11.5 Å². The summed E-state index contributed by atoms with van der Waals surface area (Å²) in [6.45, 7) is 0. The Morgan fingerprint density at radius 3 is 1.40 bits per heavy atom. The molecule has 2 N–H and O–H groups in total. The fourth-order valence-electron chi connectivity index (χ4n) is 0. The molecule has 0 radical (unpaired) electrons. The second-order valence-electron chi connectivity index (χ2n) is 0.129. The zero-order valence-electron chi connectivity index (χ0n) is 2.94. The molecule has 0 spiro atoms. The van der Waals surface area contributed by atoms with Gasteiger partial charge in [-0.15, -0.1) is 0 Å². The van der Waals surface area contributed by atoms with E-state index in [-0.39, 0.29) is 55.3 Å². The van der Waals surface area contributed by atoms with Crippen molar-refractivity contribution in [1.29, 1.82) is 5.26 Å². The topological polar surface area (TPSA) is 49.8 Å². The first-order chi connectivity index (χ1) is 1.41. The van der Waals surface area contributed by atoms with Crippen LogP contribution in [0.3, 0.4) is 0 Å². The number of nitriles is 1. The average Bonchev–Trinajstić information content (AvgIpc) is 0.918. The van der Waals surface area contributed by atoms with Crippen LogP contribution in [-0.2, 0) is 55.3 Å². The molecule has 0 aromatic carbocycles. The SMILES string of the molecule is N#CN.[Hg].[Hg]. The van der Waals surface area contributed by atoms with Crippen LogP contribution in [0.5, 0.6) is 0 Å². The van der Waals surface area contributed by atoms with E-state index in [1.807, 2.05) is 0 Å². The summed E-state index contributed by atoms with van der Waals surface area (Å²) >= 11 is 0. The molecule has 0 heterocycles. The van der Waals surface area contributed by atoms with Gasteiger partial charge >= 0.3 is 0 Å². The van der Waals surface area contributed by atoms with Gasteiger partial charge in [0.2, 0.25) is 0 Å². The van der Waals surface area contributed by atoms with E-state index in [1.165, 1.54) is 6.19 Å². The molecule has 0 aliphatic rings. The van der Waals surface area contributed by atoms with Crippen LogP contribution in [0.2, 0.25) is 0 Å². The van der Waals surface area contributed by atoms with Crippen molar-refractivity contribution in [1.82, 2.24) is 0 Å². The number of nitrogens with zero attached hydrogens (tertiary/aromatic N) is 1. The normalized spacial score (nSPS) is 1.40. The van der Waals surface area contributed by atoms with Crippen molar-refractivity contribution < 1.29 is 55.3 Å². The van der Waals surface area contributed by atoms with Crippen molar-refractivity contribution in [3.05, 3.63) is 0 Å². The van der Waals surface area contributed by atoms with Gasteiger partial charge in [0, 0.05) is 55.3 Å². The van der Waals surface area contributed by atoms with Gasteiger partial charge in [-0.25, -0.2) is 0 Å². The van der Waals surface area contributed by atoms with Gasteiger partial charge in [-0.2, -0.15) is 5.26 Å². The maximum Gasteiger partial charge on any atom is 0.173 e. The van der Waals surface area contributed by atoms with Gasteiger partial charge in [0.25, 0.3) is 0 Å². The van der Waals surface area contributed by atoms with Crippen LogP contribution in [-0.4, -0.2) is 0 Å². The summed E-state index contributed by atoms with van der Waals surface area (Å²) in [6, 6.07) is 0. The van der Waals surface area contributed by atoms with Gasteiger partial charge in [0.1, 0.15) is 0 Å². The Balaban J connectivity index is -0.0000000200. The Labute approximate surface area is 71.7 Å². The van der Waals surface area contributed by atoms with E-state index in [0.29, 0.717) is 0 Å². The molecule has 0 unspecified atom stereocenters. The van der Waals surface area contributed by atoms with Gasteiger partial charge in [-0.05, 0) is 0 Å². The largest absolute Gasteiger partial charge is 0.337 e. The Bertz CT molecular complexity index is 29.1. The maximum atomic E-state index is 7.10. The maximum absolute atomic E-state index is 7.10. The first-order valence-corrected chi connectivity index (χ1v) is 0.512. The van der Waals surface area contributed by atoms with Crippen molar-refractivity contribution in [2.45, 2.75) is 0 Å². The predicted molar refractivity (Wildman–Crippen MR) is 9.80 cm³/mol. The van der Waals surface area contributed by atoms with E-state index in [0.717, 1.165) is 0 Å². The molecule has 0 aromatic heterocycles. The molecule has 5 heavy (non-hydrogen) atoms. The van der Waals surface area contributed by atoms with Gasteiger partial charge in [-0.3, -0.25) is 0 Å². The standard InChI is InChI=1S/CH2N2.2Hg/c2-1-3;;/h2H2;;. The molecule has 0 bridgehead atoms. The zero-order valence-corrected chi connectivity index (χ0v) is 13.9. The van der Waals surface area contributed by atoms with Crippen molar-refractivity contribution in [3.63, 3.8) is 0 Å². The molecular formula is CH2Hg2N2. The third kappa shape index (κ3) is 38.3. The number of rotatable bonds is 0. The summed E-state index contributed by atoms with van der Waals surface area (Å²) in [6.07, 6.45) is 1.25. The van der Waals surface area contributed by atoms with Gasteiger partial charge < -0.3 is 5.73 Å². The van der Waals surface area contributed by atoms with Crippen molar-refractivity contribution in [2.24, 2.45) is 5.73 Å². The van der Waals surface area contributed by atoms with Crippen LogP contribution in [0.15, 0.2) is 0 Å². The second-order valence-corrected chi connectivity index (χ2v) is 0.129. The summed E-state index contributed by atoms with van der Waals surface area (Å²) in [7, 11) is 0. The third-order valence-corrected chi connectivity index (χ3v) is 0. The Hall–Kier alpha value is 1.16. The minimum absolute atomic E-state index is 0. The van der Waals surface area contributed by atoms with E-state index < -0.39 is 0 Å². The Morgan fingerprint density at radius 2 is 1.40 bits per heavy atom. The molecule has 0 rings (SSSR count). The monoisotopic (exact) mass is 446 g/mol. The van der Waals surface area contributed by atoms with E-state index >= 15 is 0 Å². The molecule has 0 amide bonds. The summed E-state index contributed by atoms with van der Waals surface area (Å²) in [5.41, 5.74) is 4.15. The Kier molecular flexibility index (Phi) is 62.9. The minimum atomic E-state index is 0. The van der Waals surface area contributed by atoms with Crippen molar-refractivity contribution >= 4 is 0 Å². The number of hydrogen-bond acceptors (Lipinski definition) is 2. The Morgan fingerprint density at radius 1 is 1.40 bits per heavy atom. The van der Waals surface area contributed by atoms with Gasteiger partial charge in [-0.1, -0.05) is 0 Å². The van der Waals surface area contributed by atoms with Gasteiger partial charge in [0.05, 0.1) is 0 Å². The zero-order chi connectivity index (χ0) is 2.71. The fourth-order valence-corrected chi connectivity index (χ4v) is 0. The molecule has 0 aliphatic carbocycles. The average molecular weight is 443 g/mol. The second kappa shape index (κ2) is 19.1. The van der Waals surface area contributed by atoms with Crippen molar-refractivity contribution in [3.8, 4) is 6.19 Å². The molecule has 0 saturated carbocycles. The summed E-state index contributed by atoms with van der Waals surface area (Å²) in [4.78, 5) is 0. The van der Waals surface area contributed by atoms with Crippen LogP contribution in [0.4, 0.5) is 0 Å². The first kappa shape index (κ1) is 16.4. The molecular weight excluding hydrogens is 441 g/mol. The van der Waals surface area contributed by atoms with Crippen LogP contribution < -0.4 is 5.73 Å². The fraction of sp³-hybridized carbons (Fsp3) is 0. The van der Waals surface area contributed by atoms with E-state index in [1.54, 1.807) is 0 Å². The van der Waals surface area contributed by atoms with E-state index in [9.17, 15) is 0 Å². The molecule has 2 nitrogen and oxygen atoms in total. The summed E-state index contributed by atoms with van der Waals surface area (Å²) in [5, 5.41) is 7.10. The minimum Gasteiger partial charge on any atom is -0.337 e.